The fraction of sp³-hybridized carbons (Fsp3) is 0.727. The number of nitrogens with one attached hydrogen (secondary N) is 2. The van der Waals surface area contributed by atoms with Crippen LogP contribution in [0.5, 0.6) is 0 Å². The second kappa shape index (κ2) is 6.45. The van der Waals surface area contributed by atoms with Crippen LogP contribution in [0.2, 0.25) is 0 Å². The summed E-state index contributed by atoms with van der Waals surface area (Å²) < 4.78 is 0. The molecule has 4 heteroatoms. The number of urea groups is 1. The summed E-state index contributed by atoms with van der Waals surface area (Å²) >= 11 is 0. The summed E-state index contributed by atoms with van der Waals surface area (Å²) in [6, 6.07) is -0.230. The molecule has 0 radical (unpaired) electrons. The second-order valence-electron chi connectivity index (χ2n) is 4.55. The lowest BCUT2D eigenvalue weighted by molar-refractivity contribution is 0.241. The van der Waals surface area contributed by atoms with Gasteiger partial charge in [-0.15, -0.1) is 0 Å². The molecule has 0 aromatic carbocycles. The molecule has 88 valence electrons. The van der Waals surface area contributed by atoms with Crippen molar-refractivity contribution >= 4 is 6.03 Å². The van der Waals surface area contributed by atoms with Crippen molar-refractivity contribution in [2.75, 3.05) is 13.2 Å². The highest BCUT2D eigenvalue weighted by Gasteiger charge is 2.12. The Hall–Kier alpha value is -1.03. The summed E-state index contributed by atoms with van der Waals surface area (Å²) in [5, 5.41) is 13.8. The highest BCUT2D eigenvalue weighted by molar-refractivity contribution is 5.74. The van der Waals surface area contributed by atoms with E-state index in [4.69, 9.17) is 5.11 Å². The number of carbonyl (C=O) groups excluding carboxylic acids is 1. The molecule has 0 rings (SSSR count). The van der Waals surface area contributed by atoms with Crippen molar-refractivity contribution < 1.29 is 9.90 Å². The number of aliphatic hydroxyl groups is 1. The Bertz CT molecular complexity index is 229. The summed E-state index contributed by atoms with van der Waals surface area (Å²) in [4.78, 5) is 11.2. The van der Waals surface area contributed by atoms with E-state index in [2.05, 4.69) is 31.4 Å². The number of hydrogen-bond donors (Lipinski definition) is 3. The van der Waals surface area contributed by atoms with Gasteiger partial charge >= 0.3 is 6.03 Å². The third-order valence-electron chi connectivity index (χ3n) is 2.22. The maximum atomic E-state index is 11.2. The van der Waals surface area contributed by atoms with Gasteiger partial charge in [-0.25, -0.2) is 4.79 Å². The minimum atomic E-state index is -0.230. The molecular formula is C11H22N2O2. The number of hydrogen-bond acceptors (Lipinski definition) is 2. The number of amides is 2. The molecule has 0 aliphatic rings. The second-order valence-corrected chi connectivity index (χ2v) is 4.55. The molecule has 0 saturated carbocycles. The van der Waals surface area contributed by atoms with Crippen molar-refractivity contribution in [2.24, 2.45) is 5.41 Å². The molecule has 0 spiro atoms. The Morgan fingerprint density at radius 3 is 2.47 bits per heavy atom. The molecule has 0 unspecified atom stereocenters. The van der Waals surface area contributed by atoms with Gasteiger partial charge in [0.25, 0.3) is 0 Å². The topological polar surface area (TPSA) is 61.4 Å². The minimum absolute atomic E-state index is 0.0678. The number of carbonyl (C=O) groups is 1. The Kier molecular flexibility index (Phi) is 6.01. The highest BCUT2D eigenvalue weighted by Crippen LogP contribution is 2.23. The van der Waals surface area contributed by atoms with E-state index in [1.165, 1.54) is 0 Å². The van der Waals surface area contributed by atoms with Crippen LogP contribution < -0.4 is 10.6 Å². The van der Waals surface area contributed by atoms with Crippen molar-refractivity contribution in [1.82, 2.24) is 10.6 Å². The van der Waals surface area contributed by atoms with Crippen LogP contribution >= 0.6 is 0 Å². The molecule has 0 heterocycles. The Morgan fingerprint density at radius 2 is 2.00 bits per heavy atom. The smallest absolute Gasteiger partial charge is 0.318 e. The van der Waals surface area contributed by atoms with Gasteiger partial charge < -0.3 is 15.7 Å². The predicted octanol–water partition coefficient (Wildman–Crippen LogP) is 1.62. The fourth-order valence-corrected chi connectivity index (χ4v) is 0.722. The molecule has 0 aliphatic heterocycles. The molecule has 0 aliphatic carbocycles. The monoisotopic (exact) mass is 214 g/mol. The van der Waals surface area contributed by atoms with Gasteiger partial charge in [-0.2, -0.15) is 0 Å². The summed E-state index contributed by atoms with van der Waals surface area (Å²) in [5.41, 5.74) is 1.18. The number of allylic oxidation sites excluding steroid dienone is 1. The standard InChI is InChI=1S/C11H22N2O2/c1-9(11(2,3)4)8-13-10(15)12-6-5-7-14/h8,14H,5-7H2,1-4H3,(H2,12,13,15)/b9-8+. The van der Waals surface area contributed by atoms with Gasteiger partial charge in [0.2, 0.25) is 0 Å². The van der Waals surface area contributed by atoms with E-state index >= 15 is 0 Å². The van der Waals surface area contributed by atoms with Crippen LogP contribution in [0.1, 0.15) is 34.1 Å². The average Bonchev–Trinajstić information content (AvgIpc) is 2.13. The molecule has 15 heavy (non-hydrogen) atoms. The van der Waals surface area contributed by atoms with Crippen LogP contribution in [0.15, 0.2) is 11.8 Å². The maximum Gasteiger partial charge on any atom is 0.318 e. The van der Waals surface area contributed by atoms with Crippen LogP contribution in [0.4, 0.5) is 4.79 Å². The third kappa shape index (κ3) is 6.96. The van der Waals surface area contributed by atoms with Crippen LogP contribution in [-0.2, 0) is 0 Å². The Morgan fingerprint density at radius 1 is 1.40 bits per heavy atom. The molecule has 0 aromatic rings. The molecule has 4 nitrogen and oxygen atoms in total. The lowest BCUT2D eigenvalue weighted by atomic mass is 9.88. The Balaban J connectivity index is 3.89. The quantitative estimate of drug-likeness (QED) is 0.623. The lowest BCUT2D eigenvalue weighted by Crippen LogP contribution is -2.33. The Labute approximate surface area is 91.8 Å². The largest absolute Gasteiger partial charge is 0.396 e. The van der Waals surface area contributed by atoms with Crippen LogP contribution in [0, 0.1) is 5.41 Å². The van der Waals surface area contributed by atoms with Crippen molar-refractivity contribution in [1.29, 1.82) is 0 Å². The van der Waals surface area contributed by atoms with Crippen LogP contribution in [0.3, 0.4) is 0 Å². The SMILES string of the molecule is C/C(=C\NC(=O)NCCCO)C(C)(C)C. The summed E-state index contributed by atoms with van der Waals surface area (Å²) in [7, 11) is 0. The van der Waals surface area contributed by atoms with E-state index in [1.807, 2.05) is 6.92 Å². The minimum Gasteiger partial charge on any atom is -0.396 e. The molecule has 0 fully saturated rings. The lowest BCUT2D eigenvalue weighted by Gasteiger charge is -2.19. The van der Waals surface area contributed by atoms with E-state index in [0.717, 1.165) is 5.57 Å². The van der Waals surface area contributed by atoms with Gasteiger partial charge in [0.1, 0.15) is 0 Å². The van der Waals surface area contributed by atoms with E-state index in [-0.39, 0.29) is 18.1 Å². The molecule has 3 N–H and O–H groups in total. The molecule has 0 atom stereocenters. The maximum absolute atomic E-state index is 11.2. The zero-order valence-corrected chi connectivity index (χ0v) is 10.1. The third-order valence-corrected chi connectivity index (χ3v) is 2.22. The zero-order valence-electron chi connectivity index (χ0n) is 10.1. The molecule has 0 bridgehead atoms. The normalized spacial score (nSPS) is 12.5. The van der Waals surface area contributed by atoms with E-state index in [1.54, 1.807) is 6.20 Å². The molecule has 0 aromatic heterocycles. The first-order valence-corrected chi connectivity index (χ1v) is 5.20. The van der Waals surface area contributed by atoms with Crippen LogP contribution in [-0.4, -0.2) is 24.3 Å². The molecular weight excluding hydrogens is 192 g/mol. The van der Waals surface area contributed by atoms with E-state index in [9.17, 15) is 4.79 Å². The summed E-state index contributed by atoms with van der Waals surface area (Å²) in [6.45, 7) is 8.83. The van der Waals surface area contributed by atoms with Gasteiger partial charge in [-0.05, 0) is 18.8 Å². The van der Waals surface area contributed by atoms with E-state index in [0.29, 0.717) is 13.0 Å². The van der Waals surface area contributed by atoms with E-state index < -0.39 is 0 Å². The molecule has 0 saturated heterocycles. The van der Waals surface area contributed by atoms with Crippen molar-refractivity contribution in [3.63, 3.8) is 0 Å². The average molecular weight is 214 g/mol. The van der Waals surface area contributed by atoms with Crippen LogP contribution in [0.25, 0.3) is 0 Å². The first-order valence-electron chi connectivity index (χ1n) is 5.20. The highest BCUT2D eigenvalue weighted by atomic mass is 16.3. The van der Waals surface area contributed by atoms with Gasteiger partial charge in [0, 0.05) is 19.4 Å². The van der Waals surface area contributed by atoms with Crippen molar-refractivity contribution in [3.05, 3.63) is 11.8 Å². The summed E-state index contributed by atoms with van der Waals surface area (Å²) in [6.07, 6.45) is 2.30. The van der Waals surface area contributed by atoms with Gasteiger partial charge in [-0.1, -0.05) is 26.3 Å². The van der Waals surface area contributed by atoms with Gasteiger partial charge in [-0.3, -0.25) is 0 Å². The number of aliphatic hydroxyl groups excluding tert-OH is 1. The van der Waals surface area contributed by atoms with Gasteiger partial charge in [0.05, 0.1) is 0 Å². The zero-order chi connectivity index (χ0) is 11.9. The number of rotatable bonds is 4. The molecule has 2 amide bonds. The summed E-state index contributed by atoms with van der Waals surface area (Å²) in [5.74, 6) is 0. The predicted molar refractivity (Wildman–Crippen MR) is 61.4 cm³/mol. The van der Waals surface area contributed by atoms with Gasteiger partial charge in [0.15, 0.2) is 0 Å². The van der Waals surface area contributed by atoms with Crippen molar-refractivity contribution in [3.8, 4) is 0 Å². The fourth-order valence-electron chi connectivity index (χ4n) is 0.722. The first kappa shape index (κ1) is 14.0. The van der Waals surface area contributed by atoms with Crippen molar-refractivity contribution in [2.45, 2.75) is 34.1 Å². The first-order chi connectivity index (χ1) is 6.88.